The topological polar surface area (TPSA) is 162 Å². The van der Waals surface area contributed by atoms with Crippen LogP contribution in [0.2, 0.25) is 0 Å². The fourth-order valence-corrected chi connectivity index (χ4v) is 4.38. The summed E-state index contributed by atoms with van der Waals surface area (Å²) >= 11 is 0. The molecule has 3 aromatic rings. The minimum absolute atomic E-state index is 0.0518. The third kappa shape index (κ3) is 10.2. The van der Waals surface area contributed by atoms with Crippen LogP contribution >= 0.6 is 0 Å². The van der Waals surface area contributed by atoms with Gasteiger partial charge in [0, 0.05) is 36.1 Å². The van der Waals surface area contributed by atoms with E-state index in [4.69, 9.17) is 28.1 Å². The molecule has 0 spiro atoms. The van der Waals surface area contributed by atoms with Gasteiger partial charge >= 0.3 is 35.5 Å². The molecule has 0 N–H and O–H groups in total. The normalized spacial score (nSPS) is 12.3. The molecule has 0 amide bonds. The molecule has 0 radical (unpaired) electrons. The van der Waals surface area contributed by atoms with Crippen LogP contribution in [0.3, 0.4) is 0 Å². The number of carbonyl (C=O) groups is 5. The molecule has 12 heteroatoms. The number of fused-ring (bicyclic) bond motifs is 3. The zero-order valence-electron chi connectivity index (χ0n) is 26.1. The second-order valence-electron chi connectivity index (χ2n) is 10.6. The Labute approximate surface area is 259 Å². The Hall–Kier alpha value is -4.74. The number of hydrogen-bond donors (Lipinski definition) is 0. The highest BCUT2D eigenvalue weighted by Gasteiger charge is 2.22. The number of carbonyl (C=O) groups excluding carboxylic acids is 5. The second kappa shape index (κ2) is 16.4. The molecule has 0 aliphatic carbocycles. The molecule has 0 aliphatic rings. The Morgan fingerprint density at radius 1 is 0.622 bits per heavy atom. The van der Waals surface area contributed by atoms with E-state index in [1.54, 1.807) is 26.8 Å². The van der Waals surface area contributed by atoms with Crippen molar-refractivity contribution < 1.29 is 52.1 Å². The zero-order valence-corrected chi connectivity index (χ0v) is 26.1. The van der Waals surface area contributed by atoms with Crippen LogP contribution in [0.15, 0.2) is 39.5 Å². The number of hydrogen-bond acceptors (Lipinski definition) is 12. The van der Waals surface area contributed by atoms with E-state index >= 15 is 0 Å². The number of rotatable bonds is 15. The Bertz CT molecular complexity index is 1620. The lowest BCUT2D eigenvalue weighted by Crippen LogP contribution is -2.21. The summed E-state index contributed by atoms with van der Waals surface area (Å²) in [5, 5.41) is 0.781. The standard InChI is InChI=1S/C33H38O12/c1-6-9-28(34)40-19(4)14-31(37)42-21-12-13-22-23-17-26(44-32(38)15-20(5)41-29(35)10-7-2)27(43-30(36)11-8-3)18-24(23)33(39)45-25(22)16-21/h12-13,16-20H,6-11,14-15H2,1-5H3/t19-,20-/m1/s1. The van der Waals surface area contributed by atoms with Crippen LogP contribution in [0.1, 0.15) is 86.0 Å². The monoisotopic (exact) mass is 626 g/mol. The molecule has 0 saturated carbocycles. The molecule has 1 aromatic heterocycles. The van der Waals surface area contributed by atoms with Gasteiger partial charge in [-0.25, -0.2) is 4.79 Å². The van der Waals surface area contributed by atoms with E-state index in [0.29, 0.717) is 30.0 Å². The molecule has 45 heavy (non-hydrogen) atoms. The van der Waals surface area contributed by atoms with Crippen molar-refractivity contribution in [3.8, 4) is 17.2 Å². The molecule has 2 atom stereocenters. The van der Waals surface area contributed by atoms with Crippen molar-refractivity contribution >= 4 is 51.6 Å². The largest absolute Gasteiger partial charge is 0.462 e. The predicted molar refractivity (Wildman–Crippen MR) is 162 cm³/mol. The highest BCUT2D eigenvalue weighted by atomic mass is 16.6. The van der Waals surface area contributed by atoms with Gasteiger partial charge < -0.3 is 28.1 Å². The molecule has 0 bridgehead atoms. The Morgan fingerprint density at radius 3 is 1.67 bits per heavy atom. The molecular weight excluding hydrogens is 588 g/mol. The highest BCUT2D eigenvalue weighted by Crippen LogP contribution is 2.36. The first-order valence-corrected chi connectivity index (χ1v) is 15.0. The van der Waals surface area contributed by atoms with Crippen LogP contribution in [0.4, 0.5) is 0 Å². The van der Waals surface area contributed by atoms with Crippen LogP contribution in [0, 0.1) is 0 Å². The Balaban J connectivity index is 1.92. The fraction of sp³-hybridized carbons (Fsp3) is 0.455. The summed E-state index contributed by atoms with van der Waals surface area (Å²) in [6, 6.07) is 7.04. The van der Waals surface area contributed by atoms with Crippen molar-refractivity contribution in [2.75, 3.05) is 0 Å². The van der Waals surface area contributed by atoms with E-state index in [1.807, 2.05) is 13.8 Å². The molecule has 2 aromatic carbocycles. The molecule has 0 saturated heterocycles. The third-order valence-corrected chi connectivity index (χ3v) is 6.36. The van der Waals surface area contributed by atoms with Gasteiger partial charge in [-0.2, -0.15) is 0 Å². The zero-order chi connectivity index (χ0) is 33.1. The van der Waals surface area contributed by atoms with Gasteiger partial charge in [0.05, 0.1) is 18.2 Å². The van der Waals surface area contributed by atoms with Gasteiger partial charge in [0.1, 0.15) is 23.5 Å². The van der Waals surface area contributed by atoms with E-state index in [2.05, 4.69) is 0 Å². The summed E-state index contributed by atoms with van der Waals surface area (Å²) in [5.74, 6) is -3.05. The number of ether oxygens (including phenoxy) is 5. The van der Waals surface area contributed by atoms with Gasteiger partial charge in [-0.3, -0.25) is 24.0 Å². The van der Waals surface area contributed by atoms with Crippen LogP contribution in [-0.4, -0.2) is 42.1 Å². The summed E-state index contributed by atoms with van der Waals surface area (Å²) in [4.78, 5) is 74.1. The van der Waals surface area contributed by atoms with E-state index < -0.39 is 47.7 Å². The highest BCUT2D eigenvalue weighted by molar-refractivity contribution is 6.06. The van der Waals surface area contributed by atoms with Crippen molar-refractivity contribution in [1.82, 2.24) is 0 Å². The summed E-state index contributed by atoms with van der Waals surface area (Å²) in [7, 11) is 0. The van der Waals surface area contributed by atoms with Crippen LogP contribution < -0.4 is 19.8 Å². The van der Waals surface area contributed by atoms with Crippen molar-refractivity contribution in [3.05, 3.63) is 40.8 Å². The first-order valence-electron chi connectivity index (χ1n) is 15.0. The van der Waals surface area contributed by atoms with E-state index in [0.717, 1.165) is 0 Å². The lowest BCUT2D eigenvalue weighted by Gasteiger charge is -2.15. The van der Waals surface area contributed by atoms with Gasteiger partial charge in [0.15, 0.2) is 11.5 Å². The predicted octanol–water partition coefficient (Wildman–Crippen LogP) is 5.71. The van der Waals surface area contributed by atoms with Crippen molar-refractivity contribution in [1.29, 1.82) is 0 Å². The first-order chi connectivity index (χ1) is 21.4. The Morgan fingerprint density at radius 2 is 1.11 bits per heavy atom. The van der Waals surface area contributed by atoms with Crippen LogP contribution in [0.25, 0.3) is 21.7 Å². The smallest absolute Gasteiger partial charge is 0.344 e. The molecule has 12 nitrogen and oxygen atoms in total. The molecule has 3 rings (SSSR count). The van der Waals surface area contributed by atoms with Crippen LogP contribution in [-0.2, 0) is 33.4 Å². The van der Waals surface area contributed by atoms with Crippen molar-refractivity contribution in [2.24, 2.45) is 0 Å². The lowest BCUT2D eigenvalue weighted by atomic mass is 10.1. The summed E-state index contributed by atoms with van der Waals surface area (Å²) < 4.78 is 32.2. The average Bonchev–Trinajstić information content (AvgIpc) is 2.93. The molecule has 0 unspecified atom stereocenters. The molecule has 0 aliphatic heterocycles. The van der Waals surface area contributed by atoms with Crippen LogP contribution in [0.5, 0.6) is 17.2 Å². The molecule has 0 fully saturated rings. The minimum atomic E-state index is -0.778. The van der Waals surface area contributed by atoms with Crippen molar-refractivity contribution in [3.63, 3.8) is 0 Å². The SMILES string of the molecule is CCCC(=O)Oc1cc2c(=O)oc3cc(OC(=O)C[C@@H](C)OC(=O)CCC)ccc3c2cc1OC(=O)C[C@@H](C)OC(=O)CCC. The summed E-state index contributed by atoms with van der Waals surface area (Å²) in [5.41, 5.74) is -0.704. The van der Waals surface area contributed by atoms with E-state index in [1.165, 1.54) is 24.3 Å². The number of esters is 5. The van der Waals surface area contributed by atoms with Gasteiger partial charge in [-0.15, -0.1) is 0 Å². The summed E-state index contributed by atoms with van der Waals surface area (Å²) in [6.45, 7) is 8.60. The minimum Gasteiger partial charge on any atom is -0.462 e. The van der Waals surface area contributed by atoms with Gasteiger partial charge in [-0.1, -0.05) is 20.8 Å². The first kappa shape index (κ1) is 34.7. The quantitative estimate of drug-likeness (QED) is 0.0876. The maximum absolute atomic E-state index is 13.0. The van der Waals surface area contributed by atoms with E-state index in [-0.39, 0.29) is 60.3 Å². The molecule has 242 valence electrons. The molecule has 1 heterocycles. The lowest BCUT2D eigenvalue weighted by molar-refractivity contribution is -0.153. The van der Waals surface area contributed by atoms with Gasteiger partial charge in [0.2, 0.25) is 0 Å². The van der Waals surface area contributed by atoms with Gasteiger partial charge in [-0.05, 0) is 57.4 Å². The average molecular weight is 627 g/mol. The Kier molecular flexibility index (Phi) is 12.6. The van der Waals surface area contributed by atoms with Gasteiger partial charge in [0.25, 0.3) is 0 Å². The maximum atomic E-state index is 13.0. The second-order valence-corrected chi connectivity index (χ2v) is 10.6. The maximum Gasteiger partial charge on any atom is 0.344 e. The van der Waals surface area contributed by atoms with Crippen molar-refractivity contribution in [2.45, 2.75) is 98.2 Å². The third-order valence-electron chi connectivity index (χ3n) is 6.36. The van der Waals surface area contributed by atoms with E-state index in [9.17, 15) is 28.8 Å². The number of benzene rings is 2. The summed E-state index contributed by atoms with van der Waals surface area (Å²) in [6.07, 6.45) is 0.376. The fourth-order valence-electron chi connectivity index (χ4n) is 4.38. The molecular formula is C33H38O12.